The number of rotatable bonds is 0. The van der Waals surface area contributed by atoms with Gasteiger partial charge < -0.3 is 17.0 Å². The van der Waals surface area contributed by atoms with E-state index >= 15 is 0 Å². The second kappa shape index (κ2) is 7.00. The number of hydrogen-bond acceptors (Lipinski definition) is 2. The van der Waals surface area contributed by atoms with Crippen LogP contribution in [0, 0.1) is 0 Å². The second-order valence-corrected chi connectivity index (χ2v) is 3.49. The van der Waals surface area contributed by atoms with Crippen molar-refractivity contribution in [3.05, 3.63) is 24.8 Å². The van der Waals surface area contributed by atoms with Crippen molar-refractivity contribution < 1.29 is 17.0 Å². The van der Waals surface area contributed by atoms with Crippen molar-refractivity contribution >= 4 is 21.7 Å². The van der Waals surface area contributed by atoms with E-state index in [4.69, 9.17) is 0 Å². The Morgan fingerprint density at radius 3 is 1.36 bits per heavy atom. The second-order valence-electron chi connectivity index (χ2n) is 2.34. The molecule has 2 rings (SSSR count). The Balaban J connectivity index is 0.000000177. The molecule has 1 aliphatic rings. The first-order valence-electron chi connectivity index (χ1n) is 3.42. The van der Waals surface area contributed by atoms with Crippen LogP contribution in [0.15, 0.2) is 24.8 Å². The molecule has 0 bridgehead atoms. The van der Waals surface area contributed by atoms with Gasteiger partial charge in [-0.3, -0.25) is 9.97 Å². The summed E-state index contributed by atoms with van der Waals surface area (Å²) in [6.45, 7) is 0. The van der Waals surface area contributed by atoms with E-state index < -0.39 is 0 Å². The van der Waals surface area contributed by atoms with E-state index in [-0.39, 0.29) is 17.0 Å². The van der Waals surface area contributed by atoms with E-state index in [1.807, 2.05) is 0 Å². The zero-order valence-corrected chi connectivity index (χ0v) is 9.28. The Morgan fingerprint density at radius 1 is 1.00 bits per heavy atom. The maximum absolute atomic E-state index is 3.72. The molecule has 1 aromatic rings. The van der Waals surface area contributed by atoms with Crippen LogP contribution in [0.2, 0.25) is 4.05 Å². The molecule has 0 amide bonds. The van der Waals surface area contributed by atoms with E-state index in [0.717, 1.165) is 4.05 Å². The Morgan fingerprint density at radius 2 is 1.27 bits per heavy atom. The van der Waals surface area contributed by atoms with Gasteiger partial charge in [0, 0.05) is 24.8 Å². The Kier molecular flexibility index (Phi) is 7.21. The normalized spacial score (nSPS) is 14.0. The van der Waals surface area contributed by atoms with Crippen LogP contribution in [0.25, 0.3) is 0 Å². The first-order valence-corrected chi connectivity index (χ1v) is 4.24. The number of halogens is 1. The summed E-state index contributed by atoms with van der Waals surface area (Å²) >= 11 is 2.11. The van der Waals surface area contributed by atoms with Crippen LogP contribution >= 0.6 is 0 Å². The molecular weight excluding hydrogens is 216 g/mol. The molecule has 4 heteroatoms. The van der Waals surface area contributed by atoms with E-state index in [1.54, 1.807) is 24.8 Å². The van der Waals surface area contributed by atoms with Gasteiger partial charge in [-0.05, 0) is 0 Å². The molecule has 0 radical (unpaired) electrons. The summed E-state index contributed by atoms with van der Waals surface area (Å²) in [6, 6.07) is 0. The summed E-state index contributed by atoms with van der Waals surface area (Å²) in [5.74, 6) is 0. The van der Waals surface area contributed by atoms with Crippen LogP contribution in [0.4, 0.5) is 0 Å². The molecule has 0 spiro atoms. The van der Waals surface area contributed by atoms with Crippen LogP contribution in [0.1, 0.15) is 12.8 Å². The first-order chi connectivity index (χ1) is 4.89. The van der Waals surface area contributed by atoms with E-state index in [1.165, 1.54) is 12.8 Å². The first kappa shape index (κ1) is 11.3. The molecule has 1 aliphatic carbocycles. The van der Waals surface area contributed by atoms with Gasteiger partial charge in [0.25, 0.3) is 0 Å². The van der Waals surface area contributed by atoms with Crippen molar-refractivity contribution in [3.63, 3.8) is 0 Å². The van der Waals surface area contributed by atoms with Gasteiger partial charge in [0.1, 0.15) is 0 Å². The summed E-state index contributed by atoms with van der Waals surface area (Å²) < 4.78 is 1.11. The van der Waals surface area contributed by atoms with E-state index in [9.17, 15) is 0 Å². The van der Waals surface area contributed by atoms with Crippen molar-refractivity contribution in [2.75, 3.05) is 0 Å². The Labute approximate surface area is 90.0 Å². The van der Waals surface area contributed by atoms with Crippen LogP contribution in [-0.2, 0) is 0 Å². The molecule has 1 aromatic heterocycles. The fraction of sp³-hybridized carbons (Fsp3) is 0.429. The number of hydrogen-bond donors (Lipinski definition) is 0. The van der Waals surface area contributed by atoms with Crippen molar-refractivity contribution in [1.29, 1.82) is 0 Å². The maximum Gasteiger partial charge on any atom is 0.0451 e. The molecule has 2 nitrogen and oxygen atoms in total. The SMILES string of the molecule is [Br-].[Mg+][CH]1CC1.c1cnccn1. The summed E-state index contributed by atoms with van der Waals surface area (Å²) in [7, 11) is 0. The van der Waals surface area contributed by atoms with Crippen molar-refractivity contribution in [1.82, 2.24) is 9.97 Å². The van der Waals surface area contributed by atoms with Gasteiger partial charge >= 0.3 is 38.6 Å². The predicted octanol–water partition coefficient (Wildman–Crippen LogP) is -1.78. The van der Waals surface area contributed by atoms with E-state index in [0.29, 0.717) is 0 Å². The fourth-order valence-corrected chi connectivity index (χ4v) is 0.607. The van der Waals surface area contributed by atoms with Gasteiger partial charge in [-0.1, -0.05) is 0 Å². The minimum absolute atomic E-state index is 0. The van der Waals surface area contributed by atoms with Gasteiger partial charge in [-0.2, -0.15) is 0 Å². The molecule has 56 valence electrons. The smallest absolute Gasteiger partial charge is 0.0451 e. The topological polar surface area (TPSA) is 25.8 Å². The molecule has 0 saturated heterocycles. The summed E-state index contributed by atoms with van der Waals surface area (Å²) in [4.78, 5) is 7.44. The molecule has 1 heterocycles. The molecule has 1 saturated carbocycles. The van der Waals surface area contributed by atoms with Crippen molar-refractivity contribution in [2.45, 2.75) is 16.9 Å². The van der Waals surface area contributed by atoms with Crippen LogP contribution in [0.5, 0.6) is 0 Å². The number of aromatic nitrogens is 2. The molecule has 0 unspecified atom stereocenters. The number of nitrogens with zero attached hydrogens (tertiary/aromatic N) is 2. The molecule has 0 aromatic carbocycles. The molecule has 1 fully saturated rings. The predicted molar refractivity (Wildman–Crippen MR) is 40.8 cm³/mol. The average molecular weight is 225 g/mol. The van der Waals surface area contributed by atoms with Gasteiger partial charge in [-0.25, -0.2) is 0 Å². The van der Waals surface area contributed by atoms with Crippen molar-refractivity contribution in [3.8, 4) is 0 Å². The van der Waals surface area contributed by atoms with Gasteiger partial charge in [0.15, 0.2) is 0 Å². The maximum atomic E-state index is 3.72. The fourth-order valence-electron chi connectivity index (χ4n) is 0.371. The minimum atomic E-state index is 0. The quantitative estimate of drug-likeness (QED) is 0.488. The van der Waals surface area contributed by atoms with Gasteiger partial charge in [0.05, 0.1) is 0 Å². The van der Waals surface area contributed by atoms with Gasteiger partial charge in [-0.15, -0.1) is 0 Å². The Bertz CT molecular complexity index is 141. The van der Waals surface area contributed by atoms with Gasteiger partial charge in [0.2, 0.25) is 0 Å². The molecule has 11 heavy (non-hydrogen) atoms. The largest absolute Gasteiger partial charge is 0.262 e. The standard InChI is InChI=1S/C4H4N2.C3H5.BrH.Mg/c1-2-6-4-3-5-1;1-2-3-1;;/h1-4H;1H,2-3H2;1H;/q;;;+1/p-1. The summed E-state index contributed by atoms with van der Waals surface area (Å²) in [5.41, 5.74) is 0. The third kappa shape index (κ3) is 8.23. The summed E-state index contributed by atoms with van der Waals surface area (Å²) in [6.07, 6.45) is 9.55. The van der Waals surface area contributed by atoms with Crippen LogP contribution in [0.3, 0.4) is 0 Å². The zero-order chi connectivity index (χ0) is 7.23. The third-order valence-electron chi connectivity index (χ3n) is 1.17. The molecule has 0 atom stereocenters. The zero-order valence-electron chi connectivity index (χ0n) is 6.28. The Hall–Kier alpha value is 0.326. The van der Waals surface area contributed by atoms with Crippen molar-refractivity contribution in [2.24, 2.45) is 0 Å². The van der Waals surface area contributed by atoms with Crippen LogP contribution < -0.4 is 17.0 Å². The van der Waals surface area contributed by atoms with E-state index in [2.05, 4.69) is 31.7 Å². The monoisotopic (exact) mass is 224 g/mol. The third-order valence-corrected chi connectivity index (χ3v) is 1.99. The molecule has 0 aliphatic heterocycles. The average Bonchev–Trinajstić information content (AvgIpc) is 2.77. The summed E-state index contributed by atoms with van der Waals surface area (Å²) in [5, 5.41) is 0. The molecular formula is C7H9BrMgN2. The van der Waals surface area contributed by atoms with Crippen LogP contribution in [-0.4, -0.2) is 31.7 Å². The minimum Gasteiger partial charge on any atom is -0.262 e. The molecule has 0 N–H and O–H groups in total.